The van der Waals surface area contributed by atoms with Crippen LogP contribution in [0.25, 0.3) is 11.4 Å². The Balaban J connectivity index is 1.71. The van der Waals surface area contributed by atoms with Crippen molar-refractivity contribution in [1.29, 1.82) is 0 Å². The molecule has 0 unspecified atom stereocenters. The summed E-state index contributed by atoms with van der Waals surface area (Å²) in [6.45, 7) is 2.57. The standard InChI is InChI=1S/C20H18FN3O/c1-13-18-12-15(21)7-6-14(18)8-11-24(13)20(25)17-5-3-2-4-16(17)19-22-9-10-23-19/h2-7,9-10,12-13H,8,11H2,1H3,(H,22,23)/t13-/m0/s1. The molecule has 0 aliphatic carbocycles. The number of aromatic amines is 1. The summed E-state index contributed by atoms with van der Waals surface area (Å²) in [6.07, 6.45) is 4.13. The molecule has 0 fully saturated rings. The summed E-state index contributed by atoms with van der Waals surface area (Å²) in [6, 6.07) is 12.1. The molecule has 4 nitrogen and oxygen atoms in total. The van der Waals surface area contributed by atoms with Crippen molar-refractivity contribution in [2.45, 2.75) is 19.4 Å². The van der Waals surface area contributed by atoms with Crippen LogP contribution in [0.3, 0.4) is 0 Å². The highest BCUT2D eigenvalue weighted by atomic mass is 19.1. The number of rotatable bonds is 2. The monoisotopic (exact) mass is 335 g/mol. The molecule has 1 amide bonds. The number of benzene rings is 2. The molecule has 0 bridgehead atoms. The predicted molar refractivity (Wildman–Crippen MR) is 93.6 cm³/mol. The SMILES string of the molecule is C[C@H]1c2cc(F)ccc2CCN1C(=O)c1ccccc1-c1ncc[nH]1. The van der Waals surface area contributed by atoms with E-state index in [9.17, 15) is 9.18 Å². The molecule has 0 radical (unpaired) electrons. The number of imidazole rings is 1. The zero-order valence-corrected chi connectivity index (χ0v) is 13.9. The van der Waals surface area contributed by atoms with Crippen molar-refractivity contribution in [1.82, 2.24) is 14.9 Å². The van der Waals surface area contributed by atoms with Gasteiger partial charge in [-0.2, -0.15) is 0 Å². The highest BCUT2D eigenvalue weighted by molar-refractivity contribution is 6.00. The Hall–Kier alpha value is -2.95. The average Bonchev–Trinajstić information content (AvgIpc) is 3.16. The number of nitrogens with zero attached hydrogens (tertiary/aromatic N) is 2. The van der Waals surface area contributed by atoms with E-state index in [1.165, 1.54) is 12.1 Å². The van der Waals surface area contributed by atoms with Crippen LogP contribution in [-0.2, 0) is 6.42 Å². The Morgan fingerprint density at radius 2 is 2.12 bits per heavy atom. The molecule has 1 aromatic heterocycles. The molecule has 1 atom stereocenters. The van der Waals surface area contributed by atoms with Crippen LogP contribution < -0.4 is 0 Å². The van der Waals surface area contributed by atoms with Gasteiger partial charge in [0, 0.05) is 24.5 Å². The number of carbonyl (C=O) groups is 1. The average molecular weight is 335 g/mol. The summed E-state index contributed by atoms with van der Waals surface area (Å²) in [5.41, 5.74) is 3.37. The topological polar surface area (TPSA) is 49.0 Å². The summed E-state index contributed by atoms with van der Waals surface area (Å²) in [7, 11) is 0. The van der Waals surface area contributed by atoms with Gasteiger partial charge in [-0.3, -0.25) is 4.79 Å². The van der Waals surface area contributed by atoms with Crippen LogP contribution in [0, 0.1) is 5.82 Å². The molecule has 3 aromatic rings. The number of hydrogen-bond acceptors (Lipinski definition) is 2. The molecule has 25 heavy (non-hydrogen) atoms. The second kappa shape index (κ2) is 6.16. The number of halogens is 1. The number of amides is 1. The highest BCUT2D eigenvalue weighted by Gasteiger charge is 2.30. The van der Waals surface area contributed by atoms with Gasteiger partial charge in [0.15, 0.2) is 0 Å². The van der Waals surface area contributed by atoms with Crippen LogP contribution in [0.2, 0.25) is 0 Å². The third-order valence-electron chi connectivity index (χ3n) is 4.82. The van der Waals surface area contributed by atoms with Crippen molar-refractivity contribution in [2.75, 3.05) is 6.54 Å². The first-order valence-electron chi connectivity index (χ1n) is 8.33. The van der Waals surface area contributed by atoms with Gasteiger partial charge in [-0.25, -0.2) is 9.37 Å². The molecular formula is C20H18FN3O. The molecule has 1 aliphatic rings. The van der Waals surface area contributed by atoms with Gasteiger partial charge >= 0.3 is 0 Å². The minimum absolute atomic E-state index is 0.0607. The van der Waals surface area contributed by atoms with Crippen molar-refractivity contribution in [3.05, 3.63) is 77.4 Å². The Morgan fingerprint density at radius 3 is 2.92 bits per heavy atom. The van der Waals surface area contributed by atoms with Gasteiger partial charge in [0.2, 0.25) is 0 Å². The lowest BCUT2D eigenvalue weighted by molar-refractivity contribution is 0.0678. The first kappa shape index (κ1) is 15.6. The predicted octanol–water partition coefficient (Wildman–Crippen LogP) is 3.98. The second-order valence-electron chi connectivity index (χ2n) is 6.25. The lowest BCUT2D eigenvalue weighted by atomic mass is 9.92. The Morgan fingerprint density at radius 1 is 1.28 bits per heavy atom. The first-order chi connectivity index (χ1) is 12.1. The molecule has 2 heterocycles. The van der Waals surface area contributed by atoms with E-state index in [1.807, 2.05) is 42.2 Å². The lowest BCUT2D eigenvalue weighted by Crippen LogP contribution is -2.39. The van der Waals surface area contributed by atoms with Crippen LogP contribution in [0.15, 0.2) is 54.9 Å². The fraction of sp³-hybridized carbons (Fsp3) is 0.200. The number of hydrogen-bond donors (Lipinski definition) is 1. The van der Waals surface area contributed by atoms with Crippen LogP contribution in [-0.4, -0.2) is 27.3 Å². The van der Waals surface area contributed by atoms with Gasteiger partial charge in [0.25, 0.3) is 5.91 Å². The number of nitrogens with one attached hydrogen (secondary N) is 1. The fourth-order valence-electron chi connectivity index (χ4n) is 3.51. The molecule has 4 rings (SSSR count). The first-order valence-corrected chi connectivity index (χ1v) is 8.33. The van der Waals surface area contributed by atoms with E-state index in [2.05, 4.69) is 9.97 Å². The van der Waals surface area contributed by atoms with Gasteiger partial charge in [-0.05, 0) is 42.7 Å². The minimum atomic E-state index is -0.268. The Bertz CT molecular complexity index is 920. The van der Waals surface area contributed by atoms with E-state index in [0.29, 0.717) is 17.9 Å². The summed E-state index contributed by atoms with van der Waals surface area (Å²) >= 11 is 0. The zero-order valence-electron chi connectivity index (χ0n) is 13.9. The van der Waals surface area contributed by atoms with Gasteiger partial charge in [-0.1, -0.05) is 24.3 Å². The van der Waals surface area contributed by atoms with Gasteiger partial charge in [0.1, 0.15) is 11.6 Å². The number of fused-ring (bicyclic) bond motifs is 1. The summed E-state index contributed by atoms with van der Waals surface area (Å²) < 4.78 is 13.7. The van der Waals surface area contributed by atoms with E-state index < -0.39 is 0 Å². The third kappa shape index (κ3) is 2.71. The van der Waals surface area contributed by atoms with Crippen LogP contribution >= 0.6 is 0 Å². The van der Waals surface area contributed by atoms with E-state index in [-0.39, 0.29) is 17.8 Å². The smallest absolute Gasteiger partial charge is 0.255 e. The van der Waals surface area contributed by atoms with Crippen LogP contribution in [0.1, 0.15) is 34.5 Å². The molecule has 5 heteroatoms. The maximum Gasteiger partial charge on any atom is 0.255 e. The van der Waals surface area contributed by atoms with Gasteiger partial charge < -0.3 is 9.88 Å². The van der Waals surface area contributed by atoms with E-state index in [1.54, 1.807) is 12.4 Å². The zero-order chi connectivity index (χ0) is 17.4. The van der Waals surface area contributed by atoms with Gasteiger partial charge in [-0.15, -0.1) is 0 Å². The van der Waals surface area contributed by atoms with Crippen LogP contribution in [0.4, 0.5) is 4.39 Å². The summed E-state index contributed by atoms with van der Waals surface area (Å²) in [5.74, 6) is 0.338. The number of aromatic nitrogens is 2. The van der Waals surface area contributed by atoms with Crippen LogP contribution in [0.5, 0.6) is 0 Å². The second-order valence-corrected chi connectivity index (χ2v) is 6.25. The van der Waals surface area contributed by atoms with E-state index in [0.717, 1.165) is 23.1 Å². The molecular weight excluding hydrogens is 317 g/mol. The molecule has 1 aliphatic heterocycles. The number of carbonyl (C=O) groups excluding carboxylic acids is 1. The lowest BCUT2D eigenvalue weighted by Gasteiger charge is -2.35. The van der Waals surface area contributed by atoms with Gasteiger partial charge in [0.05, 0.1) is 11.6 Å². The quantitative estimate of drug-likeness (QED) is 0.770. The molecule has 0 saturated carbocycles. The normalized spacial score (nSPS) is 16.6. The molecule has 2 aromatic carbocycles. The minimum Gasteiger partial charge on any atom is -0.345 e. The highest BCUT2D eigenvalue weighted by Crippen LogP contribution is 2.32. The summed E-state index contributed by atoms with van der Waals surface area (Å²) in [5, 5.41) is 0. The number of H-pyrrole nitrogens is 1. The largest absolute Gasteiger partial charge is 0.345 e. The maximum absolute atomic E-state index is 13.7. The Kier molecular flexibility index (Phi) is 3.84. The van der Waals surface area contributed by atoms with E-state index in [4.69, 9.17) is 0 Å². The molecule has 0 saturated heterocycles. The van der Waals surface area contributed by atoms with E-state index >= 15 is 0 Å². The van der Waals surface area contributed by atoms with Crippen molar-refractivity contribution in [2.24, 2.45) is 0 Å². The molecule has 126 valence electrons. The fourth-order valence-corrected chi connectivity index (χ4v) is 3.51. The van der Waals surface area contributed by atoms with Crippen molar-refractivity contribution in [3.8, 4) is 11.4 Å². The van der Waals surface area contributed by atoms with Crippen molar-refractivity contribution < 1.29 is 9.18 Å². The van der Waals surface area contributed by atoms with Crippen molar-refractivity contribution >= 4 is 5.91 Å². The third-order valence-corrected chi connectivity index (χ3v) is 4.82. The maximum atomic E-state index is 13.7. The molecule has 1 N–H and O–H groups in total. The molecule has 0 spiro atoms. The van der Waals surface area contributed by atoms with Crippen molar-refractivity contribution in [3.63, 3.8) is 0 Å². The summed E-state index contributed by atoms with van der Waals surface area (Å²) in [4.78, 5) is 22.3. The Labute approximate surface area is 145 Å².